The standard InChI is InChI=1S/C19H37BN4O2S/c1-4-11-24(13-20)19(27)15(5-2)22-16(25)12-23(3)18(26)17(21)14-9-7-6-8-10-14/h14-15,17H,4-13,20-21H2,1-3H3,(H,22,25)/t15-,17-/m0/s1. The van der Waals surface area contributed by atoms with Gasteiger partial charge in [-0.05, 0) is 38.0 Å². The molecule has 3 N–H and O–H groups in total. The van der Waals surface area contributed by atoms with Crippen molar-refractivity contribution in [2.24, 2.45) is 11.7 Å². The maximum atomic E-state index is 12.6. The van der Waals surface area contributed by atoms with E-state index in [0.717, 1.165) is 56.5 Å². The summed E-state index contributed by atoms with van der Waals surface area (Å²) in [6.45, 7) is 5.01. The second-order valence-electron chi connectivity index (χ2n) is 7.56. The molecule has 0 radical (unpaired) electrons. The predicted octanol–water partition coefficient (Wildman–Crippen LogP) is 0.877. The van der Waals surface area contributed by atoms with E-state index in [1.165, 1.54) is 11.3 Å². The van der Waals surface area contributed by atoms with Gasteiger partial charge in [-0.25, -0.2) is 0 Å². The van der Waals surface area contributed by atoms with Gasteiger partial charge in [0.05, 0.1) is 23.6 Å². The smallest absolute Gasteiger partial charge is 0.240 e. The summed E-state index contributed by atoms with van der Waals surface area (Å²) in [5, 5.41) is 2.99. The van der Waals surface area contributed by atoms with Crippen molar-refractivity contribution in [3.05, 3.63) is 0 Å². The average molecular weight is 396 g/mol. The molecule has 8 heteroatoms. The minimum Gasteiger partial charge on any atom is -0.373 e. The molecule has 27 heavy (non-hydrogen) atoms. The molecule has 1 aliphatic carbocycles. The minimum absolute atomic E-state index is 0.0122. The van der Waals surface area contributed by atoms with Crippen molar-refractivity contribution in [3.8, 4) is 0 Å². The molecule has 6 nitrogen and oxygen atoms in total. The second kappa shape index (κ2) is 12.3. The van der Waals surface area contributed by atoms with E-state index >= 15 is 0 Å². The first kappa shape index (κ1) is 23.9. The van der Waals surface area contributed by atoms with E-state index in [4.69, 9.17) is 18.0 Å². The Balaban J connectivity index is 2.57. The molecule has 0 aromatic carbocycles. The third kappa shape index (κ3) is 7.41. The largest absolute Gasteiger partial charge is 0.373 e. The molecule has 0 aliphatic heterocycles. The Morgan fingerprint density at radius 2 is 1.89 bits per heavy atom. The summed E-state index contributed by atoms with van der Waals surface area (Å²) in [7, 11) is 3.72. The quantitative estimate of drug-likeness (QED) is 0.423. The Kier molecular flexibility index (Phi) is 10.9. The van der Waals surface area contributed by atoms with Crippen molar-refractivity contribution in [1.82, 2.24) is 15.1 Å². The van der Waals surface area contributed by atoms with Gasteiger partial charge in [0.1, 0.15) is 7.85 Å². The number of hydrogen-bond acceptors (Lipinski definition) is 4. The molecular formula is C19H37BN4O2S. The van der Waals surface area contributed by atoms with E-state index in [-0.39, 0.29) is 30.3 Å². The van der Waals surface area contributed by atoms with Crippen LogP contribution in [0.3, 0.4) is 0 Å². The zero-order chi connectivity index (χ0) is 20.4. The van der Waals surface area contributed by atoms with Gasteiger partial charge < -0.3 is 20.9 Å². The van der Waals surface area contributed by atoms with Crippen LogP contribution < -0.4 is 11.1 Å². The lowest BCUT2D eigenvalue weighted by molar-refractivity contribution is -0.137. The Morgan fingerprint density at radius 1 is 1.26 bits per heavy atom. The Labute approximate surface area is 171 Å². The van der Waals surface area contributed by atoms with Crippen LogP contribution in [-0.4, -0.2) is 73.1 Å². The second-order valence-corrected chi connectivity index (χ2v) is 7.98. The van der Waals surface area contributed by atoms with Crippen molar-refractivity contribution >= 4 is 36.9 Å². The molecule has 0 bridgehead atoms. The highest BCUT2D eigenvalue weighted by molar-refractivity contribution is 7.80. The number of nitrogens with two attached hydrogens (primary N) is 1. The topological polar surface area (TPSA) is 78.7 Å². The first-order valence-electron chi connectivity index (χ1n) is 10.4. The summed E-state index contributed by atoms with van der Waals surface area (Å²) in [6.07, 6.45) is 8.06. The van der Waals surface area contributed by atoms with Gasteiger partial charge in [-0.2, -0.15) is 0 Å². The van der Waals surface area contributed by atoms with Crippen LogP contribution in [0.4, 0.5) is 0 Å². The number of carbonyl (C=O) groups is 2. The fraction of sp³-hybridized carbons (Fsp3) is 0.842. The SMILES string of the molecule is BCN(CCC)C(=S)[C@H](CC)NC(=O)CN(C)C(=O)[C@@H](N)C1CCCCC1. The molecular weight excluding hydrogens is 359 g/mol. The molecule has 0 spiro atoms. The fourth-order valence-corrected chi connectivity index (χ4v) is 4.18. The van der Waals surface area contributed by atoms with E-state index in [0.29, 0.717) is 0 Å². The number of rotatable bonds is 10. The number of likely N-dealkylation sites (N-methyl/N-ethyl adjacent to an activating group) is 1. The van der Waals surface area contributed by atoms with Crippen LogP contribution in [0.5, 0.6) is 0 Å². The van der Waals surface area contributed by atoms with E-state index in [1.807, 2.05) is 6.92 Å². The molecule has 2 amide bonds. The molecule has 0 aromatic rings. The predicted molar refractivity (Wildman–Crippen MR) is 117 cm³/mol. The van der Waals surface area contributed by atoms with Crippen molar-refractivity contribution in [2.45, 2.75) is 70.9 Å². The monoisotopic (exact) mass is 396 g/mol. The van der Waals surface area contributed by atoms with Crippen LogP contribution in [-0.2, 0) is 9.59 Å². The summed E-state index contributed by atoms with van der Waals surface area (Å²) in [5.41, 5.74) is 6.18. The number of thiocarbonyl (C=S) groups is 1. The molecule has 0 unspecified atom stereocenters. The number of nitrogens with one attached hydrogen (secondary N) is 1. The van der Waals surface area contributed by atoms with Crippen molar-refractivity contribution in [1.29, 1.82) is 0 Å². The Morgan fingerprint density at radius 3 is 2.41 bits per heavy atom. The van der Waals surface area contributed by atoms with E-state index in [2.05, 4.69) is 25.0 Å². The average Bonchev–Trinajstić information content (AvgIpc) is 2.69. The lowest BCUT2D eigenvalue weighted by Gasteiger charge is -2.31. The maximum absolute atomic E-state index is 12.6. The van der Waals surface area contributed by atoms with Crippen molar-refractivity contribution < 1.29 is 9.59 Å². The van der Waals surface area contributed by atoms with Crippen LogP contribution in [0.25, 0.3) is 0 Å². The van der Waals surface area contributed by atoms with Gasteiger partial charge in [-0.15, -0.1) is 0 Å². The van der Waals surface area contributed by atoms with Crippen LogP contribution in [0.1, 0.15) is 58.8 Å². The van der Waals surface area contributed by atoms with Gasteiger partial charge in [0.15, 0.2) is 0 Å². The highest BCUT2D eigenvalue weighted by Crippen LogP contribution is 2.26. The van der Waals surface area contributed by atoms with Crippen molar-refractivity contribution in [3.63, 3.8) is 0 Å². The van der Waals surface area contributed by atoms with E-state index in [9.17, 15) is 9.59 Å². The Bertz CT molecular complexity index is 500. The number of hydrogen-bond donors (Lipinski definition) is 2. The van der Waals surface area contributed by atoms with Crippen molar-refractivity contribution in [2.75, 3.05) is 26.6 Å². The third-order valence-corrected chi connectivity index (χ3v) is 5.97. The molecule has 0 aromatic heterocycles. The highest BCUT2D eigenvalue weighted by atomic mass is 32.1. The number of nitrogens with zero attached hydrogens (tertiary/aromatic N) is 2. The summed E-state index contributed by atoms with van der Waals surface area (Å²) < 4.78 is 0. The molecule has 1 saturated carbocycles. The Hall–Kier alpha value is -1.15. The summed E-state index contributed by atoms with van der Waals surface area (Å²) in [4.78, 5) is 29.4. The lowest BCUT2D eigenvalue weighted by Crippen LogP contribution is -2.52. The zero-order valence-electron chi connectivity index (χ0n) is 17.5. The fourth-order valence-electron chi connectivity index (χ4n) is 3.74. The molecule has 154 valence electrons. The zero-order valence-corrected chi connectivity index (χ0v) is 18.3. The maximum Gasteiger partial charge on any atom is 0.240 e. The summed E-state index contributed by atoms with van der Waals surface area (Å²) in [5.74, 6) is -0.0998. The van der Waals surface area contributed by atoms with Gasteiger partial charge in [0, 0.05) is 13.6 Å². The highest BCUT2D eigenvalue weighted by Gasteiger charge is 2.29. The van der Waals surface area contributed by atoms with E-state index in [1.54, 1.807) is 7.05 Å². The molecule has 0 saturated heterocycles. The van der Waals surface area contributed by atoms with Gasteiger partial charge >= 0.3 is 0 Å². The van der Waals surface area contributed by atoms with Crippen LogP contribution in [0, 0.1) is 5.92 Å². The van der Waals surface area contributed by atoms with Gasteiger partial charge in [0.25, 0.3) is 0 Å². The van der Waals surface area contributed by atoms with Gasteiger partial charge in [0.2, 0.25) is 11.8 Å². The minimum atomic E-state index is -0.508. The molecule has 1 rings (SSSR count). The lowest BCUT2D eigenvalue weighted by atomic mass is 9.84. The first-order chi connectivity index (χ1) is 12.8. The third-order valence-electron chi connectivity index (χ3n) is 5.43. The molecule has 1 aliphatic rings. The van der Waals surface area contributed by atoms with Crippen LogP contribution in [0.2, 0.25) is 0 Å². The summed E-state index contributed by atoms with van der Waals surface area (Å²) >= 11 is 5.58. The first-order valence-corrected chi connectivity index (χ1v) is 10.8. The van der Waals surface area contributed by atoms with E-state index < -0.39 is 6.04 Å². The van der Waals surface area contributed by atoms with Crippen LogP contribution in [0.15, 0.2) is 0 Å². The summed E-state index contributed by atoms with van der Waals surface area (Å²) in [6, 6.07) is -0.694. The van der Waals surface area contributed by atoms with Gasteiger partial charge in [-0.1, -0.05) is 45.3 Å². The van der Waals surface area contributed by atoms with Gasteiger partial charge in [-0.3, -0.25) is 9.59 Å². The molecule has 2 atom stereocenters. The normalized spacial score (nSPS) is 17.0. The molecule has 0 heterocycles. The number of amides is 2. The number of carbonyl (C=O) groups excluding carboxylic acids is 2. The van der Waals surface area contributed by atoms with Crippen LogP contribution >= 0.6 is 12.2 Å². The molecule has 1 fully saturated rings.